The molecule has 0 aliphatic carbocycles. The molecular weight excluding hydrogens is 262 g/mol. The first-order chi connectivity index (χ1) is 5.77. The summed E-state index contributed by atoms with van der Waals surface area (Å²) in [5.41, 5.74) is 2.07. The Morgan fingerprint density at radius 2 is 2.00 bits per heavy atom. The van der Waals surface area contributed by atoms with Crippen LogP contribution in [0.5, 0.6) is 0 Å². The summed E-state index contributed by atoms with van der Waals surface area (Å²) < 4.78 is 1.19. The molecule has 0 aromatic heterocycles. The normalized spacial score (nSPS) is 12.1. The van der Waals surface area contributed by atoms with E-state index in [1.54, 1.807) is 0 Å². The molecule has 1 atom stereocenters. The van der Waals surface area contributed by atoms with Crippen molar-refractivity contribution in [2.75, 3.05) is 0 Å². The van der Waals surface area contributed by atoms with Crippen LogP contribution in [0, 0.1) is 11.3 Å². The van der Waals surface area contributed by atoms with E-state index < -0.39 is 0 Å². The van der Waals surface area contributed by atoms with E-state index in [1.807, 2.05) is 46.6 Å². The van der Waals surface area contributed by atoms with Gasteiger partial charge in [-0.3, -0.25) is 0 Å². The first-order valence-corrected chi connectivity index (χ1v) is 5.69. The third-order valence-electron chi connectivity index (χ3n) is 1.88. The fourth-order valence-corrected chi connectivity index (χ4v) is 1.59. The molecule has 0 radical (unpaired) electrons. The van der Waals surface area contributed by atoms with Crippen LogP contribution in [0.1, 0.15) is 24.0 Å². The summed E-state index contributed by atoms with van der Waals surface area (Å²) in [7, 11) is 0. The van der Waals surface area contributed by atoms with Gasteiger partial charge in [-0.2, -0.15) is 0 Å². The molecule has 0 N–H and O–H groups in total. The van der Waals surface area contributed by atoms with E-state index in [0.717, 1.165) is 5.56 Å². The van der Waals surface area contributed by atoms with E-state index in [0.29, 0.717) is 5.92 Å². The molecule has 1 aromatic carbocycles. The molecule has 0 fully saturated rings. The molecule has 0 aliphatic heterocycles. The van der Waals surface area contributed by atoms with Crippen molar-refractivity contribution in [2.24, 2.45) is 0 Å². The van der Waals surface area contributed by atoms with Gasteiger partial charge in [0, 0.05) is 0 Å². The maximum absolute atomic E-state index is 8.58. The number of hydrogen-bond donors (Lipinski definition) is 0. The van der Waals surface area contributed by atoms with E-state index in [-0.39, 0.29) is 0 Å². The van der Waals surface area contributed by atoms with E-state index >= 15 is 0 Å². The molecule has 0 heterocycles. The van der Waals surface area contributed by atoms with Crippen molar-refractivity contribution in [1.82, 2.24) is 0 Å². The molecule has 2 heteroatoms. The Bertz CT molecular complexity index is 284. The summed E-state index contributed by atoms with van der Waals surface area (Å²) in [4.78, 5) is 0. The standard InChI is InChI=1S/C10H11NTe/c1-8(7-12)10-4-2-9(6-11)3-5-10/h2-5,8,12H,7H2,1H3. The van der Waals surface area contributed by atoms with Crippen LogP contribution in [0.4, 0.5) is 0 Å². The van der Waals surface area contributed by atoms with E-state index in [1.165, 1.54) is 10.0 Å². The van der Waals surface area contributed by atoms with Crippen molar-refractivity contribution < 1.29 is 0 Å². The molecule has 62 valence electrons. The van der Waals surface area contributed by atoms with Gasteiger partial charge in [-0.1, -0.05) is 0 Å². The number of hydrogen-bond acceptors (Lipinski definition) is 1. The van der Waals surface area contributed by atoms with Gasteiger partial charge in [-0.25, -0.2) is 0 Å². The van der Waals surface area contributed by atoms with Gasteiger partial charge < -0.3 is 0 Å². The Morgan fingerprint density at radius 1 is 1.42 bits per heavy atom. The summed E-state index contributed by atoms with van der Waals surface area (Å²) in [5, 5.41) is 8.58. The number of rotatable bonds is 2. The van der Waals surface area contributed by atoms with E-state index in [4.69, 9.17) is 5.26 Å². The molecular formula is C10H11NTe. The number of benzene rings is 1. The quantitative estimate of drug-likeness (QED) is 0.756. The van der Waals surface area contributed by atoms with Gasteiger partial charge >= 0.3 is 86.3 Å². The van der Waals surface area contributed by atoms with Gasteiger partial charge in [0.1, 0.15) is 0 Å². The first kappa shape index (κ1) is 9.59. The third-order valence-corrected chi connectivity index (χ3v) is 3.45. The monoisotopic (exact) mass is 275 g/mol. The molecule has 0 bridgehead atoms. The topological polar surface area (TPSA) is 23.8 Å². The molecule has 0 spiro atoms. The van der Waals surface area contributed by atoms with Gasteiger partial charge in [0.2, 0.25) is 0 Å². The molecule has 12 heavy (non-hydrogen) atoms. The zero-order chi connectivity index (χ0) is 8.97. The van der Waals surface area contributed by atoms with Crippen LogP contribution >= 0.6 is 0 Å². The van der Waals surface area contributed by atoms with Gasteiger partial charge in [-0.15, -0.1) is 0 Å². The summed E-state index contributed by atoms with van der Waals surface area (Å²) >= 11 is 1.84. The van der Waals surface area contributed by atoms with E-state index in [2.05, 4.69) is 13.0 Å². The van der Waals surface area contributed by atoms with Crippen molar-refractivity contribution in [1.29, 1.82) is 5.26 Å². The van der Waals surface area contributed by atoms with E-state index in [9.17, 15) is 0 Å². The molecule has 0 aliphatic rings. The molecule has 0 amide bonds. The summed E-state index contributed by atoms with van der Waals surface area (Å²) in [6.07, 6.45) is 0. The summed E-state index contributed by atoms with van der Waals surface area (Å²) in [5.74, 6) is 0.617. The van der Waals surface area contributed by atoms with Crippen LogP contribution < -0.4 is 0 Å². The van der Waals surface area contributed by atoms with Crippen LogP contribution in [-0.2, 0) is 0 Å². The second-order valence-electron chi connectivity index (χ2n) is 2.82. The molecule has 1 rings (SSSR count). The molecule has 0 saturated heterocycles. The SMILES string of the molecule is CC(C[TeH])c1ccc(C#N)cc1. The van der Waals surface area contributed by atoms with Crippen LogP contribution in [0.15, 0.2) is 24.3 Å². The number of nitriles is 1. The second kappa shape index (κ2) is 4.51. The fourth-order valence-electron chi connectivity index (χ4n) is 0.992. The molecule has 0 saturated carbocycles. The summed E-state index contributed by atoms with van der Waals surface area (Å²) in [6, 6.07) is 9.96. The Labute approximate surface area is 86.3 Å². The Balaban J connectivity index is 2.86. The number of nitrogens with zero attached hydrogens (tertiary/aromatic N) is 1. The van der Waals surface area contributed by atoms with Crippen molar-refractivity contribution in [3.63, 3.8) is 0 Å². The van der Waals surface area contributed by atoms with Gasteiger partial charge in [0.25, 0.3) is 0 Å². The van der Waals surface area contributed by atoms with Crippen molar-refractivity contribution in [3.05, 3.63) is 35.4 Å². The van der Waals surface area contributed by atoms with Crippen LogP contribution in [0.2, 0.25) is 4.47 Å². The van der Waals surface area contributed by atoms with Crippen molar-refractivity contribution in [3.8, 4) is 6.07 Å². The van der Waals surface area contributed by atoms with Gasteiger partial charge in [-0.05, 0) is 0 Å². The first-order valence-electron chi connectivity index (χ1n) is 3.89. The predicted molar refractivity (Wildman–Crippen MR) is 51.5 cm³/mol. The Hall–Kier alpha value is -0.500. The minimum atomic E-state index is 0.617. The molecule has 1 aromatic rings. The van der Waals surface area contributed by atoms with Gasteiger partial charge in [0.15, 0.2) is 0 Å². The van der Waals surface area contributed by atoms with Gasteiger partial charge in [0.05, 0.1) is 0 Å². The molecule has 1 nitrogen and oxygen atoms in total. The third kappa shape index (κ3) is 2.24. The van der Waals surface area contributed by atoms with Crippen molar-refractivity contribution in [2.45, 2.75) is 17.3 Å². The Kier molecular flexibility index (Phi) is 3.60. The Morgan fingerprint density at radius 3 is 2.42 bits per heavy atom. The predicted octanol–water partition coefficient (Wildman–Crippen LogP) is 1.98. The zero-order valence-electron chi connectivity index (χ0n) is 6.99. The summed E-state index contributed by atoms with van der Waals surface area (Å²) in [6.45, 7) is 2.21. The average molecular weight is 273 g/mol. The minimum absolute atomic E-state index is 0.617. The van der Waals surface area contributed by atoms with Crippen LogP contribution in [0.3, 0.4) is 0 Å². The molecule has 1 unspecified atom stereocenters. The second-order valence-corrected chi connectivity index (χ2v) is 3.86. The van der Waals surface area contributed by atoms with Crippen LogP contribution in [0.25, 0.3) is 0 Å². The zero-order valence-corrected chi connectivity index (χ0v) is 9.54. The fraction of sp³-hybridized carbons (Fsp3) is 0.300. The van der Waals surface area contributed by atoms with Crippen LogP contribution in [-0.4, -0.2) is 22.3 Å². The average Bonchev–Trinajstić information content (AvgIpc) is 2.17. The maximum atomic E-state index is 8.58. The van der Waals surface area contributed by atoms with Crippen molar-refractivity contribution >= 4 is 22.3 Å².